The number of aliphatic hydroxyl groups is 1. The van der Waals surface area contributed by atoms with Crippen molar-refractivity contribution in [1.82, 2.24) is 15.1 Å². The van der Waals surface area contributed by atoms with Crippen LogP contribution in [-0.4, -0.2) is 39.2 Å². The molecular formula is C22H26ClN3O3. The molecule has 29 heavy (non-hydrogen) atoms. The highest BCUT2D eigenvalue weighted by molar-refractivity contribution is 6.30. The predicted molar refractivity (Wildman–Crippen MR) is 112 cm³/mol. The van der Waals surface area contributed by atoms with Crippen molar-refractivity contribution in [2.24, 2.45) is 5.92 Å². The molecule has 3 atom stereocenters. The highest BCUT2D eigenvalue weighted by Crippen LogP contribution is 2.40. The van der Waals surface area contributed by atoms with Gasteiger partial charge < -0.3 is 10.4 Å². The van der Waals surface area contributed by atoms with Crippen molar-refractivity contribution in [3.05, 3.63) is 58.9 Å². The Bertz CT molecular complexity index is 937. The third-order valence-corrected chi connectivity index (χ3v) is 5.66. The number of ketones is 1. The number of Topliss-reactive ketones (excluding diaryl/α,β-unsaturated/α-hetero) is 1. The molecule has 0 saturated heterocycles. The SMILES string of the molecule is C=CCNC(=O)CC1CC(O)C(c2c(C)cc(-n3cc(Cl)cn3)cc2CC)C1=O. The van der Waals surface area contributed by atoms with Crippen LogP contribution in [0.4, 0.5) is 0 Å². The standard InChI is InChI=1S/C22H26ClN3O3/c1-4-6-24-19(28)10-15-9-18(27)21(22(15)29)20-13(3)7-17(8-14(20)5-2)26-12-16(23)11-25-26/h4,7-8,11-12,15,18,21,27H,1,5-6,9-10H2,2-3H3,(H,24,28). The second-order valence-electron chi connectivity index (χ2n) is 7.47. The minimum Gasteiger partial charge on any atom is -0.392 e. The zero-order valence-corrected chi connectivity index (χ0v) is 17.4. The number of aliphatic hydroxyl groups excluding tert-OH is 1. The summed E-state index contributed by atoms with van der Waals surface area (Å²) in [5.41, 5.74) is 3.62. The van der Waals surface area contributed by atoms with Crippen LogP contribution in [0.2, 0.25) is 5.02 Å². The molecule has 1 heterocycles. The number of hydrogen-bond donors (Lipinski definition) is 2. The maximum absolute atomic E-state index is 13.1. The molecule has 1 aromatic heterocycles. The number of hydrogen-bond acceptors (Lipinski definition) is 4. The largest absolute Gasteiger partial charge is 0.392 e. The summed E-state index contributed by atoms with van der Waals surface area (Å²) in [5.74, 6) is -1.36. The van der Waals surface area contributed by atoms with E-state index in [1.807, 2.05) is 26.0 Å². The summed E-state index contributed by atoms with van der Waals surface area (Å²) < 4.78 is 1.69. The fourth-order valence-electron chi connectivity index (χ4n) is 4.15. The lowest BCUT2D eigenvalue weighted by molar-refractivity contribution is -0.128. The normalized spacial score (nSPS) is 21.4. The van der Waals surface area contributed by atoms with Gasteiger partial charge in [-0.05, 0) is 48.6 Å². The molecule has 154 valence electrons. The summed E-state index contributed by atoms with van der Waals surface area (Å²) in [6.45, 7) is 7.89. The van der Waals surface area contributed by atoms with Gasteiger partial charge in [-0.1, -0.05) is 24.6 Å². The average molecular weight is 416 g/mol. The maximum atomic E-state index is 13.1. The van der Waals surface area contributed by atoms with E-state index in [1.54, 1.807) is 23.2 Å². The van der Waals surface area contributed by atoms with Crippen molar-refractivity contribution in [3.63, 3.8) is 0 Å². The van der Waals surface area contributed by atoms with E-state index >= 15 is 0 Å². The number of aryl methyl sites for hydroxylation is 2. The van der Waals surface area contributed by atoms with Gasteiger partial charge in [-0.3, -0.25) is 9.59 Å². The minimum absolute atomic E-state index is 0.0704. The van der Waals surface area contributed by atoms with Gasteiger partial charge in [0.05, 0.1) is 28.9 Å². The van der Waals surface area contributed by atoms with Gasteiger partial charge in [0.2, 0.25) is 5.91 Å². The highest BCUT2D eigenvalue weighted by atomic mass is 35.5. The number of amides is 1. The fourth-order valence-corrected chi connectivity index (χ4v) is 4.29. The topological polar surface area (TPSA) is 84.2 Å². The smallest absolute Gasteiger partial charge is 0.220 e. The van der Waals surface area contributed by atoms with Crippen molar-refractivity contribution >= 4 is 23.3 Å². The van der Waals surface area contributed by atoms with Gasteiger partial charge in [-0.2, -0.15) is 5.10 Å². The van der Waals surface area contributed by atoms with E-state index in [-0.39, 0.29) is 18.1 Å². The van der Waals surface area contributed by atoms with E-state index in [0.29, 0.717) is 24.4 Å². The van der Waals surface area contributed by atoms with Crippen molar-refractivity contribution in [2.75, 3.05) is 6.54 Å². The quantitative estimate of drug-likeness (QED) is 0.680. The van der Waals surface area contributed by atoms with Crippen LogP contribution >= 0.6 is 11.6 Å². The molecule has 3 unspecified atom stereocenters. The molecule has 0 spiro atoms. The lowest BCUT2D eigenvalue weighted by Crippen LogP contribution is -2.27. The molecule has 1 fully saturated rings. The van der Waals surface area contributed by atoms with Crippen LogP contribution in [0.5, 0.6) is 0 Å². The molecule has 3 rings (SSSR count). The number of nitrogens with zero attached hydrogens (tertiary/aromatic N) is 2. The number of benzene rings is 1. The van der Waals surface area contributed by atoms with Gasteiger partial charge in [0.15, 0.2) is 0 Å². The number of nitrogens with one attached hydrogen (secondary N) is 1. The average Bonchev–Trinajstić information content (AvgIpc) is 3.23. The molecular weight excluding hydrogens is 390 g/mol. The Kier molecular flexibility index (Phi) is 6.55. The molecule has 1 amide bonds. The van der Waals surface area contributed by atoms with E-state index in [9.17, 15) is 14.7 Å². The number of carbonyl (C=O) groups excluding carboxylic acids is 2. The summed E-state index contributed by atoms with van der Waals surface area (Å²) in [6, 6.07) is 3.93. The van der Waals surface area contributed by atoms with Crippen molar-refractivity contribution in [2.45, 2.75) is 45.1 Å². The molecule has 1 saturated carbocycles. The molecule has 1 aliphatic carbocycles. The molecule has 2 aromatic rings. The fraction of sp³-hybridized carbons (Fsp3) is 0.409. The molecule has 0 aliphatic heterocycles. The zero-order chi connectivity index (χ0) is 21.1. The molecule has 0 radical (unpaired) electrons. The minimum atomic E-state index is -0.797. The summed E-state index contributed by atoms with van der Waals surface area (Å²) in [6.07, 6.45) is 5.19. The van der Waals surface area contributed by atoms with Crippen LogP contribution in [-0.2, 0) is 16.0 Å². The molecule has 1 aromatic carbocycles. The first-order chi connectivity index (χ1) is 13.8. The van der Waals surface area contributed by atoms with Gasteiger partial charge in [0.25, 0.3) is 0 Å². The lowest BCUT2D eigenvalue weighted by atomic mass is 9.85. The zero-order valence-electron chi connectivity index (χ0n) is 16.7. The first-order valence-corrected chi connectivity index (χ1v) is 10.2. The van der Waals surface area contributed by atoms with E-state index in [4.69, 9.17) is 11.6 Å². The lowest BCUT2D eigenvalue weighted by Gasteiger charge is -2.21. The van der Waals surface area contributed by atoms with Gasteiger partial charge >= 0.3 is 0 Å². The summed E-state index contributed by atoms with van der Waals surface area (Å²) >= 11 is 5.99. The molecule has 2 N–H and O–H groups in total. The van der Waals surface area contributed by atoms with E-state index in [1.165, 1.54) is 0 Å². The van der Waals surface area contributed by atoms with Crippen LogP contribution in [0, 0.1) is 12.8 Å². The molecule has 7 heteroatoms. The first kappa shape index (κ1) is 21.3. The van der Waals surface area contributed by atoms with E-state index in [0.717, 1.165) is 22.4 Å². The molecule has 1 aliphatic rings. The highest BCUT2D eigenvalue weighted by Gasteiger charge is 2.44. The predicted octanol–water partition coefficient (Wildman–Crippen LogP) is 3.12. The van der Waals surface area contributed by atoms with Gasteiger partial charge in [-0.25, -0.2) is 4.68 Å². The van der Waals surface area contributed by atoms with Crippen molar-refractivity contribution in [3.8, 4) is 5.69 Å². The third-order valence-electron chi connectivity index (χ3n) is 5.46. The Morgan fingerprint density at radius 2 is 2.24 bits per heavy atom. The third kappa shape index (κ3) is 4.43. The number of carbonyl (C=O) groups is 2. The van der Waals surface area contributed by atoms with Crippen LogP contribution < -0.4 is 5.32 Å². The van der Waals surface area contributed by atoms with Crippen molar-refractivity contribution in [1.29, 1.82) is 0 Å². The van der Waals surface area contributed by atoms with E-state index in [2.05, 4.69) is 17.0 Å². The molecule has 6 nitrogen and oxygen atoms in total. The second-order valence-corrected chi connectivity index (χ2v) is 7.91. The summed E-state index contributed by atoms with van der Waals surface area (Å²) in [7, 11) is 0. The van der Waals surface area contributed by atoms with Crippen LogP contribution in [0.15, 0.2) is 37.2 Å². The number of aromatic nitrogens is 2. The molecule has 0 bridgehead atoms. The number of halogens is 1. The maximum Gasteiger partial charge on any atom is 0.220 e. The first-order valence-electron chi connectivity index (χ1n) is 9.79. The monoisotopic (exact) mass is 415 g/mol. The van der Waals surface area contributed by atoms with Crippen LogP contribution in [0.1, 0.15) is 42.4 Å². The Morgan fingerprint density at radius 1 is 1.48 bits per heavy atom. The second kappa shape index (κ2) is 8.93. The Morgan fingerprint density at radius 3 is 2.86 bits per heavy atom. The summed E-state index contributed by atoms with van der Waals surface area (Å²) in [4.78, 5) is 25.1. The Labute approximate surface area is 175 Å². The van der Waals surface area contributed by atoms with Gasteiger partial charge in [-0.15, -0.1) is 6.58 Å². The van der Waals surface area contributed by atoms with Crippen LogP contribution in [0.25, 0.3) is 5.69 Å². The van der Waals surface area contributed by atoms with E-state index < -0.39 is 17.9 Å². The number of rotatable bonds is 7. The Balaban J connectivity index is 1.90. The summed E-state index contributed by atoms with van der Waals surface area (Å²) in [5, 5.41) is 18.2. The Hall–Kier alpha value is -2.44. The van der Waals surface area contributed by atoms with Crippen LogP contribution in [0.3, 0.4) is 0 Å². The van der Waals surface area contributed by atoms with Gasteiger partial charge in [0, 0.05) is 25.1 Å². The van der Waals surface area contributed by atoms with Gasteiger partial charge in [0.1, 0.15) is 5.78 Å². The van der Waals surface area contributed by atoms with Crippen molar-refractivity contribution < 1.29 is 14.7 Å².